The zero-order valence-electron chi connectivity index (χ0n) is 12.2. The lowest BCUT2D eigenvalue weighted by molar-refractivity contribution is -0.137. The molecule has 1 fully saturated rings. The van der Waals surface area contributed by atoms with E-state index in [1.807, 2.05) is 12.1 Å². The average Bonchev–Trinajstić information content (AvgIpc) is 2.88. The van der Waals surface area contributed by atoms with Gasteiger partial charge in [-0.2, -0.15) is 4.31 Å². The minimum absolute atomic E-state index is 0.0292. The van der Waals surface area contributed by atoms with Gasteiger partial charge in [-0.05, 0) is 36.5 Å². The van der Waals surface area contributed by atoms with Gasteiger partial charge in [-0.3, -0.25) is 4.79 Å². The molecule has 1 N–H and O–H groups in total. The molecule has 6 heteroatoms. The highest BCUT2D eigenvalue weighted by Gasteiger charge is 2.33. The molecule has 1 aliphatic heterocycles. The number of aryl methyl sites for hydroxylation is 1. The Morgan fingerprint density at radius 3 is 2.57 bits per heavy atom. The molecular formula is C15H21NO4S. The Morgan fingerprint density at radius 1 is 1.33 bits per heavy atom. The van der Waals surface area contributed by atoms with Crippen LogP contribution in [-0.2, 0) is 21.2 Å². The summed E-state index contributed by atoms with van der Waals surface area (Å²) in [6.45, 7) is 2.78. The molecule has 0 spiro atoms. The molecule has 1 atom stereocenters. The van der Waals surface area contributed by atoms with E-state index in [0.29, 0.717) is 24.4 Å². The lowest BCUT2D eigenvalue weighted by atomic mass is 10.1. The van der Waals surface area contributed by atoms with Crippen LogP contribution in [0.15, 0.2) is 29.2 Å². The first-order chi connectivity index (χ1) is 9.93. The minimum Gasteiger partial charge on any atom is -0.481 e. The van der Waals surface area contributed by atoms with Gasteiger partial charge in [-0.25, -0.2) is 8.42 Å². The molecule has 21 heavy (non-hydrogen) atoms. The summed E-state index contributed by atoms with van der Waals surface area (Å²) in [6.07, 6.45) is 2.60. The lowest BCUT2D eigenvalue weighted by Gasteiger charge is -2.16. The molecule has 2 rings (SSSR count). The van der Waals surface area contributed by atoms with E-state index in [-0.39, 0.29) is 12.3 Å². The number of aliphatic carboxylic acids is 1. The summed E-state index contributed by atoms with van der Waals surface area (Å²) in [5, 5.41) is 8.79. The third-order valence-corrected chi connectivity index (χ3v) is 5.69. The van der Waals surface area contributed by atoms with Crippen LogP contribution in [0.1, 0.15) is 31.7 Å². The topological polar surface area (TPSA) is 74.7 Å². The molecule has 1 saturated heterocycles. The maximum absolute atomic E-state index is 12.5. The molecule has 0 radical (unpaired) electrons. The Balaban J connectivity index is 2.09. The fourth-order valence-electron chi connectivity index (χ4n) is 2.69. The summed E-state index contributed by atoms with van der Waals surface area (Å²) in [5.74, 6) is -0.959. The first-order valence-electron chi connectivity index (χ1n) is 7.24. The van der Waals surface area contributed by atoms with Crippen molar-refractivity contribution in [3.8, 4) is 0 Å². The van der Waals surface area contributed by atoms with Crippen LogP contribution in [0, 0.1) is 5.92 Å². The van der Waals surface area contributed by atoms with Crippen molar-refractivity contribution in [1.82, 2.24) is 4.31 Å². The smallest absolute Gasteiger partial charge is 0.303 e. The number of carboxylic acid groups (broad SMARTS) is 1. The van der Waals surface area contributed by atoms with Gasteiger partial charge in [-0.15, -0.1) is 0 Å². The van der Waals surface area contributed by atoms with Crippen molar-refractivity contribution in [1.29, 1.82) is 0 Å². The Morgan fingerprint density at radius 2 is 2.00 bits per heavy atom. The normalized spacial score (nSPS) is 19.8. The van der Waals surface area contributed by atoms with E-state index in [2.05, 4.69) is 6.92 Å². The number of hydrogen-bond donors (Lipinski definition) is 1. The van der Waals surface area contributed by atoms with Crippen molar-refractivity contribution < 1.29 is 18.3 Å². The van der Waals surface area contributed by atoms with Gasteiger partial charge >= 0.3 is 5.97 Å². The first kappa shape index (κ1) is 16.0. The fraction of sp³-hybridized carbons (Fsp3) is 0.533. The largest absolute Gasteiger partial charge is 0.481 e. The van der Waals surface area contributed by atoms with Gasteiger partial charge in [0.05, 0.1) is 4.90 Å². The highest BCUT2D eigenvalue weighted by atomic mass is 32.2. The van der Waals surface area contributed by atoms with Gasteiger partial charge in [0.15, 0.2) is 0 Å². The van der Waals surface area contributed by atoms with Crippen molar-refractivity contribution in [2.75, 3.05) is 13.1 Å². The summed E-state index contributed by atoms with van der Waals surface area (Å²) in [7, 11) is -3.50. The van der Waals surface area contributed by atoms with Crippen LogP contribution in [0.5, 0.6) is 0 Å². The summed E-state index contributed by atoms with van der Waals surface area (Å²) >= 11 is 0. The third kappa shape index (κ3) is 3.83. The molecule has 5 nitrogen and oxygen atoms in total. The van der Waals surface area contributed by atoms with E-state index in [1.165, 1.54) is 4.31 Å². The zero-order valence-corrected chi connectivity index (χ0v) is 13.0. The Labute approximate surface area is 125 Å². The van der Waals surface area contributed by atoms with E-state index in [0.717, 1.165) is 18.4 Å². The highest BCUT2D eigenvalue weighted by molar-refractivity contribution is 7.89. The summed E-state index contributed by atoms with van der Waals surface area (Å²) in [4.78, 5) is 11.0. The lowest BCUT2D eigenvalue weighted by Crippen LogP contribution is -2.29. The van der Waals surface area contributed by atoms with E-state index < -0.39 is 16.0 Å². The molecule has 1 aromatic carbocycles. The van der Waals surface area contributed by atoms with Crippen LogP contribution < -0.4 is 0 Å². The van der Waals surface area contributed by atoms with Gasteiger partial charge in [0.1, 0.15) is 0 Å². The number of benzene rings is 1. The summed E-state index contributed by atoms with van der Waals surface area (Å²) < 4.78 is 26.4. The van der Waals surface area contributed by atoms with Gasteiger partial charge in [0.25, 0.3) is 0 Å². The van der Waals surface area contributed by atoms with E-state index in [9.17, 15) is 13.2 Å². The number of carbonyl (C=O) groups is 1. The monoisotopic (exact) mass is 311 g/mol. The van der Waals surface area contributed by atoms with Crippen molar-refractivity contribution >= 4 is 16.0 Å². The molecule has 1 unspecified atom stereocenters. The van der Waals surface area contributed by atoms with E-state index in [1.54, 1.807) is 12.1 Å². The molecule has 0 amide bonds. The standard InChI is InChI=1S/C15H21NO4S/c1-2-3-12-4-6-14(7-5-12)21(19,20)16-9-8-13(11-16)10-15(17)18/h4-7,13H,2-3,8-11H2,1H3,(H,17,18). The van der Waals surface area contributed by atoms with Gasteiger partial charge < -0.3 is 5.11 Å². The van der Waals surface area contributed by atoms with Crippen molar-refractivity contribution in [3.05, 3.63) is 29.8 Å². The molecule has 0 bridgehead atoms. The molecule has 0 aliphatic carbocycles. The second kappa shape index (κ2) is 6.58. The van der Waals surface area contributed by atoms with Crippen molar-refractivity contribution in [3.63, 3.8) is 0 Å². The average molecular weight is 311 g/mol. The number of sulfonamides is 1. The predicted molar refractivity (Wildman–Crippen MR) is 79.6 cm³/mol. The maximum Gasteiger partial charge on any atom is 0.303 e. The van der Waals surface area contributed by atoms with Crippen LogP contribution in [0.2, 0.25) is 0 Å². The SMILES string of the molecule is CCCc1ccc(S(=O)(=O)N2CCC(CC(=O)O)C2)cc1. The molecule has 116 valence electrons. The summed E-state index contributed by atoms with van der Waals surface area (Å²) in [5.41, 5.74) is 1.13. The van der Waals surface area contributed by atoms with Crippen molar-refractivity contribution in [2.24, 2.45) is 5.92 Å². The molecule has 0 aromatic heterocycles. The number of hydrogen-bond acceptors (Lipinski definition) is 3. The van der Waals surface area contributed by atoms with Crippen molar-refractivity contribution in [2.45, 2.75) is 37.5 Å². The molecule has 1 heterocycles. The van der Waals surface area contributed by atoms with Crippen LogP contribution >= 0.6 is 0 Å². The predicted octanol–water partition coefficient (Wildman–Crippen LogP) is 2.12. The molecule has 1 aliphatic rings. The fourth-order valence-corrected chi connectivity index (χ4v) is 4.23. The minimum atomic E-state index is -3.50. The second-order valence-corrected chi connectivity index (χ2v) is 7.45. The number of rotatable bonds is 6. The Bertz CT molecular complexity index is 595. The maximum atomic E-state index is 12.5. The second-order valence-electron chi connectivity index (χ2n) is 5.51. The summed E-state index contributed by atoms with van der Waals surface area (Å²) in [6, 6.07) is 6.98. The number of carboxylic acids is 1. The van der Waals surface area contributed by atoms with E-state index in [4.69, 9.17) is 5.11 Å². The molecular weight excluding hydrogens is 290 g/mol. The van der Waals surface area contributed by atoms with Gasteiger partial charge in [0, 0.05) is 19.5 Å². The van der Waals surface area contributed by atoms with Crippen LogP contribution in [0.4, 0.5) is 0 Å². The molecule has 0 saturated carbocycles. The third-order valence-electron chi connectivity index (χ3n) is 3.81. The van der Waals surface area contributed by atoms with Gasteiger partial charge in [-0.1, -0.05) is 25.5 Å². The van der Waals surface area contributed by atoms with Crippen LogP contribution in [0.25, 0.3) is 0 Å². The zero-order chi connectivity index (χ0) is 15.5. The quantitative estimate of drug-likeness (QED) is 0.873. The van der Waals surface area contributed by atoms with E-state index >= 15 is 0 Å². The van der Waals surface area contributed by atoms with Crippen LogP contribution in [-0.4, -0.2) is 36.9 Å². The highest BCUT2D eigenvalue weighted by Crippen LogP contribution is 2.26. The molecule has 1 aromatic rings. The van der Waals surface area contributed by atoms with Gasteiger partial charge in [0.2, 0.25) is 10.0 Å². The Hall–Kier alpha value is -1.40. The Kier molecular flexibility index (Phi) is 5.00. The first-order valence-corrected chi connectivity index (χ1v) is 8.68. The van der Waals surface area contributed by atoms with Crippen LogP contribution in [0.3, 0.4) is 0 Å². The number of nitrogens with zero attached hydrogens (tertiary/aromatic N) is 1.